The third-order valence-corrected chi connectivity index (χ3v) is 5.11. The molecule has 0 aliphatic carbocycles. The molecule has 0 saturated carbocycles. The van der Waals surface area contributed by atoms with E-state index in [4.69, 9.17) is 0 Å². The van der Waals surface area contributed by atoms with Crippen molar-refractivity contribution in [3.05, 3.63) is 28.7 Å². The SMILES string of the molecule is Cl.O=S(=O)(NCC1CCNCC1)c1ccc(Br)cc1. The van der Waals surface area contributed by atoms with Gasteiger partial charge in [-0.3, -0.25) is 0 Å². The van der Waals surface area contributed by atoms with Crippen molar-refractivity contribution in [2.45, 2.75) is 17.7 Å². The molecule has 0 radical (unpaired) electrons. The molecule has 1 aliphatic rings. The van der Waals surface area contributed by atoms with Gasteiger partial charge in [-0.05, 0) is 56.1 Å². The van der Waals surface area contributed by atoms with Gasteiger partial charge < -0.3 is 5.32 Å². The summed E-state index contributed by atoms with van der Waals surface area (Å²) in [6, 6.07) is 6.68. The minimum atomic E-state index is -3.37. The first-order valence-corrected chi connectivity index (χ1v) is 8.31. The van der Waals surface area contributed by atoms with E-state index >= 15 is 0 Å². The van der Waals surface area contributed by atoms with Crippen LogP contribution in [0.1, 0.15) is 12.8 Å². The molecular formula is C12H18BrClN2O2S. The summed E-state index contributed by atoms with van der Waals surface area (Å²) in [5, 5.41) is 3.27. The van der Waals surface area contributed by atoms with E-state index < -0.39 is 10.0 Å². The fourth-order valence-electron chi connectivity index (χ4n) is 2.01. The summed E-state index contributed by atoms with van der Waals surface area (Å²) in [7, 11) is -3.37. The highest BCUT2D eigenvalue weighted by atomic mass is 79.9. The maximum absolute atomic E-state index is 12.0. The lowest BCUT2D eigenvalue weighted by atomic mass is 9.99. The van der Waals surface area contributed by atoms with Crippen LogP contribution in [0.25, 0.3) is 0 Å². The molecule has 2 N–H and O–H groups in total. The van der Waals surface area contributed by atoms with Crippen molar-refractivity contribution in [2.24, 2.45) is 5.92 Å². The summed E-state index contributed by atoms with van der Waals surface area (Å²) < 4.78 is 27.7. The molecule has 7 heteroatoms. The summed E-state index contributed by atoms with van der Waals surface area (Å²) in [6.45, 7) is 2.48. The summed E-state index contributed by atoms with van der Waals surface area (Å²) in [4.78, 5) is 0.319. The fraction of sp³-hybridized carbons (Fsp3) is 0.500. The van der Waals surface area contributed by atoms with Crippen LogP contribution < -0.4 is 10.0 Å². The zero-order valence-electron chi connectivity index (χ0n) is 10.4. The Morgan fingerprint density at radius 2 is 1.79 bits per heavy atom. The molecule has 2 rings (SSSR count). The number of piperidine rings is 1. The molecule has 0 atom stereocenters. The average Bonchev–Trinajstić information content (AvgIpc) is 2.38. The molecule has 4 nitrogen and oxygen atoms in total. The van der Waals surface area contributed by atoms with E-state index in [-0.39, 0.29) is 12.4 Å². The number of nitrogens with one attached hydrogen (secondary N) is 2. The topological polar surface area (TPSA) is 58.2 Å². The summed E-state index contributed by atoms with van der Waals surface area (Å²) in [6.07, 6.45) is 2.06. The number of hydrogen-bond acceptors (Lipinski definition) is 3. The second kappa shape index (κ2) is 7.59. The van der Waals surface area contributed by atoms with Crippen LogP contribution in [-0.4, -0.2) is 28.1 Å². The van der Waals surface area contributed by atoms with Crippen LogP contribution in [0.15, 0.2) is 33.6 Å². The average molecular weight is 370 g/mol. The molecule has 0 bridgehead atoms. The van der Waals surface area contributed by atoms with Crippen LogP contribution in [0.4, 0.5) is 0 Å². The summed E-state index contributed by atoms with van der Waals surface area (Å²) >= 11 is 3.29. The molecule has 0 amide bonds. The predicted octanol–water partition coefficient (Wildman–Crippen LogP) is 2.15. The van der Waals surface area contributed by atoms with Crippen LogP contribution in [0.3, 0.4) is 0 Å². The molecule has 1 heterocycles. The van der Waals surface area contributed by atoms with Gasteiger partial charge in [-0.25, -0.2) is 13.1 Å². The maximum atomic E-state index is 12.0. The zero-order chi connectivity index (χ0) is 13.0. The molecule has 0 spiro atoms. The molecule has 108 valence electrons. The highest BCUT2D eigenvalue weighted by Gasteiger charge is 2.18. The number of sulfonamides is 1. The van der Waals surface area contributed by atoms with Crippen molar-refractivity contribution in [3.8, 4) is 0 Å². The van der Waals surface area contributed by atoms with Gasteiger partial charge in [0.15, 0.2) is 0 Å². The fourth-order valence-corrected chi connectivity index (χ4v) is 3.39. The normalized spacial score (nSPS) is 16.9. The Morgan fingerprint density at radius 3 is 2.37 bits per heavy atom. The van der Waals surface area contributed by atoms with E-state index in [0.29, 0.717) is 17.4 Å². The molecule has 1 aromatic carbocycles. The summed E-state index contributed by atoms with van der Waals surface area (Å²) in [5.74, 6) is 0.441. The van der Waals surface area contributed by atoms with Gasteiger partial charge in [-0.2, -0.15) is 0 Å². The quantitative estimate of drug-likeness (QED) is 0.855. The standard InChI is InChI=1S/C12H17BrN2O2S.ClH/c13-11-1-3-12(4-2-11)18(16,17)15-9-10-5-7-14-8-6-10;/h1-4,10,14-15H,5-9H2;1H. The van der Waals surface area contributed by atoms with Crippen LogP contribution >= 0.6 is 28.3 Å². The second-order valence-corrected chi connectivity index (χ2v) is 7.18. The molecule has 0 unspecified atom stereocenters. The molecule has 1 fully saturated rings. The Balaban J connectivity index is 0.00000180. The molecular weight excluding hydrogens is 352 g/mol. The monoisotopic (exact) mass is 368 g/mol. The van der Waals surface area contributed by atoms with Gasteiger partial charge in [0, 0.05) is 11.0 Å². The van der Waals surface area contributed by atoms with Crippen molar-refractivity contribution >= 4 is 38.4 Å². The van der Waals surface area contributed by atoms with E-state index in [9.17, 15) is 8.42 Å². The van der Waals surface area contributed by atoms with Gasteiger partial charge in [0.05, 0.1) is 4.90 Å². The molecule has 0 aromatic heterocycles. The number of halogens is 2. The first-order chi connectivity index (χ1) is 8.58. The van der Waals surface area contributed by atoms with Gasteiger partial charge in [0.25, 0.3) is 0 Å². The predicted molar refractivity (Wildman–Crippen MR) is 82.2 cm³/mol. The highest BCUT2D eigenvalue weighted by Crippen LogP contribution is 2.16. The Kier molecular flexibility index (Phi) is 6.76. The van der Waals surface area contributed by atoms with Gasteiger partial charge in [0.2, 0.25) is 10.0 Å². The third-order valence-electron chi connectivity index (χ3n) is 3.14. The number of benzene rings is 1. The smallest absolute Gasteiger partial charge is 0.240 e. The number of hydrogen-bond donors (Lipinski definition) is 2. The molecule has 1 aromatic rings. The third kappa shape index (κ3) is 5.04. The lowest BCUT2D eigenvalue weighted by Crippen LogP contribution is -2.35. The van der Waals surface area contributed by atoms with Crippen molar-refractivity contribution in [3.63, 3.8) is 0 Å². The highest BCUT2D eigenvalue weighted by molar-refractivity contribution is 9.10. The molecule has 1 aliphatic heterocycles. The minimum Gasteiger partial charge on any atom is -0.317 e. The second-order valence-electron chi connectivity index (χ2n) is 4.50. The van der Waals surface area contributed by atoms with Crippen LogP contribution in [-0.2, 0) is 10.0 Å². The van der Waals surface area contributed by atoms with Crippen LogP contribution in [0.5, 0.6) is 0 Å². The van der Waals surface area contributed by atoms with Crippen molar-refractivity contribution in [2.75, 3.05) is 19.6 Å². The van der Waals surface area contributed by atoms with Crippen molar-refractivity contribution in [1.29, 1.82) is 0 Å². The first kappa shape index (κ1) is 16.9. The van der Waals surface area contributed by atoms with E-state index in [1.54, 1.807) is 24.3 Å². The van der Waals surface area contributed by atoms with Gasteiger partial charge in [-0.1, -0.05) is 15.9 Å². The van der Waals surface area contributed by atoms with Crippen LogP contribution in [0, 0.1) is 5.92 Å². The van der Waals surface area contributed by atoms with E-state index in [1.165, 1.54) is 0 Å². The Labute approximate surface area is 128 Å². The van der Waals surface area contributed by atoms with Crippen LogP contribution in [0.2, 0.25) is 0 Å². The lowest BCUT2D eigenvalue weighted by Gasteiger charge is -2.22. The van der Waals surface area contributed by atoms with Gasteiger partial charge >= 0.3 is 0 Å². The largest absolute Gasteiger partial charge is 0.317 e. The summed E-state index contributed by atoms with van der Waals surface area (Å²) in [5.41, 5.74) is 0. The Hall–Kier alpha value is -0.140. The van der Waals surface area contributed by atoms with Gasteiger partial charge in [0.1, 0.15) is 0 Å². The van der Waals surface area contributed by atoms with E-state index in [1.807, 2.05) is 0 Å². The van der Waals surface area contributed by atoms with Crippen molar-refractivity contribution < 1.29 is 8.42 Å². The Bertz CT molecular complexity index is 487. The van der Waals surface area contributed by atoms with E-state index in [2.05, 4.69) is 26.0 Å². The Morgan fingerprint density at radius 1 is 1.21 bits per heavy atom. The minimum absolute atomic E-state index is 0. The lowest BCUT2D eigenvalue weighted by molar-refractivity contribution is 0.372. The van der Waals surface area contributed by atoms with E-state index in [0.717, 1.165) is 30.4 Å². The maximum Gasteiger partial charge on any atom is 0.240 e. The van der Waals surface area contributed by atoms with Crippen molar-refractivity contribution in [1.82, 2.24) is 10.0 Å². The molecule has 1 saturated heterocycles. The zero-order valence-corrected chi connectivity index (χ0v) is 13.7. The first-order valence-electron chi connectivity index (χ1n) is 6.04. The van der Waals surface area contributed by atoms with Gasteiger partial charge in [-0.15, -0.1) is 12.4 Å². The molecule has 19 heavy (non-hydrogen) atoms. The number of rotatable bonds is 4.